The van der Waals surface area contributed by atoms with Gasteiger partial charge >= 0.3 is 0 Å². The quantitative estimate of drug-likeness (QED) is 0.229. The van der Waals surface area contributed by atoms with Crippen LogP contribution in [0.15, 0.2) is 146 Å². The molecule has 3 radical (unpaired) electrons. The van der Waals surface area contributed by atoms with Gasteiger partial charge in [0.1, 0.15) is 0 Å². The minimum absolute atomic E-state index is 0. The molecule has 0 atom stereocenters. The van der Waals surface area contributed by atoms with Gasteiger partial charge in [0.05, 0.1) is 0 Å². The van der Waals surface area contributed by atoms with E-state index in [9.17, 15) is 0 Å². The Kier molecular flexibility index (Phi) is 24.0. The first-order valence-corrected chi connectivity index (χ1v) is 8.00. The van der Waals surface area contributed by atoms with E-state index in [1.54, 1.807) is 0 Å². The van der Waals surface area contributed by atoms with Crippen LogP contribution in [0.3, 0.4) is 0 Å². The predicted molar refractivity (Wildman–Crippen MR) is 112 cm³/mol. The van der Waals surface area contributed by atoms with Crippen LogP contribution >= 0.6 is 0 Å². The van der Waals surface area contributed by atoms with E-state index in [0.29, 0.717) is 0 Å². The summed E-state index contributed by atoms with van der Waals surface area (Å²) in [4.78, 5) is 0. The van der Waals surface area contributed by atoms with Crippen LogP contribution in [0, 0.1) is 0 Å². The van der Waals surface area contributed by atoms with Gasteiger partial charge in [0.2, 0.25) is 0 Å². The Labute approximate surface area is 192 Å². The first kappa shape index (κ1) is 26.7. The monoisotopic (exact) mass is 560 g/mol. The number of benzene rings is 4. The molecule has 0 aliphatic rings. The third-order valence-electron chi connectivity index (χ3n) is 2.67. The molecule has 0 unspecified atom stereocenters. The summed E-state index contributed by atoms with van der Waals surface area (Å²) in [7, 11) is 0. The third kappa shape index (κ3) is 20.5. The summed E-state index contributed by atoms with van der Waals surface area (Å²) in [6, 6.07) is 48.0. The molecule has 0 amide bonds. The van der Waals surface area contributed by atoms with Gasteiger partial charge in [-0.25, -0.2) is 0 Å². The average Bonchev–Trinajstić information content (AvgIpc) is 2.75. The Morgan fingerprint density at radius 1 is 0.154 bits per heavy atom. The van der Waals surface area contributed by atoms with Crippen LogP contribution in [0.4, 0.5) is 0 Å². The molecule has 4 rings (SSSR count). The fourth-order valence-corrected chi connectivity index (χ4v) is 1.54. The Hall–Kier alpha value is -1.57. The molecular formula is C24H24ISb-. The van der Waals surface area contributed by atoms with Crippen molar-refractivity contribution in [3.63, 3.8) is 0 Å². The molecule has 0 saturated heterocycles. The van der Waals surface area contributed by atoms with Gasteiger partial charge in [-0.2, -0.15) is 0 Å². The van der Waals surface area contributed by atoms with E-state index in [1.165, 1.54) is 0 Å². The molecule has 0 aromatic heterocycles. The fraction of sp³-hybridized carbons (Fsp3) is 0. The van der Waals surface area contributed by atoms with Crippen molar-refractivity contribution in [1.82, 2.24) is 0 Å². The smallest absolute Gasteiger partial charge is 0 e. The predicted octanol–water partition coefficient (Wildman–Crippen LogP) is 3.37. The van der Waals surface area contributed by atoms with E-state index in [1.807, 2.05) is 146 Å². The van der Waals surface area contributed by atoms with Gasteiger partial charge in [0, 0.05) is 24.4 Å². The summed E-state index contributed by atoms with van der Waals surface area (Å²) < 4.78 is 0. The Morgan fingerprint density at radius 2 is 0.192 bits per heavy atom. The second-order valence-corrected chi connectivity index (χ2v) is 4.62. The zero-order valence-electron chi connectivity index (χ0n) is 14.7. The van der Waals surface area contributed by atoms with Crippen molar-refractivity contribution < 1.29 is 24.0 Å². The first-order valence-electron chi connectivity index (χ1n) is 8.00. The molecule has 0 aliphatic heterocycles. The average molecular weight is 561 g/mol. The normalized spacial score (nSPS) is 7.38. The molecule has 2 heteroatoms. The number of rotatable bonds is 0. The van der Waals surface area contributed by atoms with Gasteiger partial charge in [-0.3, -0.25) is 0 Å². The molecule has 0 saturated carbocycles. The second kappa shape index (κ2) is 23.4. The Bertz CT molecular complexity index is 426. The molecular weight excluding hydrogens is 537 g/mol. The van der Waals surface area contributed by atoms with Gasteiger partial charge in [0.25, 0.3) is 0 Å². The molecule has 133 valence electrons. The molecule has 4 aromatic carbocycles. The van der Waals surface area contributed by atoms with Crippen molar-refractivity contribution in [2.75, 3.05) is 0 Å². The number of halogens is 1. The standard InChI is InChI=1S/4C6H6.HI.Sb/c4*1-2-4-6-5-3-1;;/h4*1-6H;1H;/p-1. The summed E-state index contributed by atoms with van der Waals surface area (Å²) >= 11 is 0. The van der Waals surface area contributed by atoms with E-state index < -0.39 is 0 Å². The van der Waals surface area contributed by atoms with Crippen LogP contribution in [-0.2, 0) is 0 Å². The Morgan fingerprint density at radius 3 is 0.231 bits per heavy atom. The zero-order chi connectivity index (χ0) is 17.0. The van der Waals surface area contributed by atoms with Gasteiger partial charge < -0.3 is 24.0 Å². The van der Waals surface area contributed by atoms with Crippen molar-refractivity contribution in [1.29, 1.82) is 0 Å². The van der Waals surface area contributed by atoms with Gasteiger partial charge in [-0.15, -0.1) is 0 Å². The summed E-state index contributed by atoms with van der Waals surface area (Å²) in [5, 5.41) is 0. The number of hydrogen-bond donors (Lipinski definition) is 0. The SMILES string of the molecule is [I-].[Sb].c1ccccc1.c1ccccc1.c1ccccc1.c1ccccc1. The summed E-state index contributed by atoms with van der Waals surface area (Å²) in [6.07, 6.45) is 0. The summed E-state index contributed by atoms with van der Waals surface area (Å²) in [5.74, 6) is 0. The maximum atomic E-state index is 2.00. The van der Waals surface area contributed by atoms with Crippen LogP contribution in [0.1, 0.15) is 0 Å². The molecule has 0 N–H and O–H groups in total. The maximum absolute atomic E-state index is 2.00. The Balaban J connectivity index is 0. The van der Waals surface area contributed by atoms with Gasteiger partial charge in [0.15, 0.2) is 0 Å². The second-order valence-electron chi connectivity index (χ2n) is 4.62. The van der Waals surface area contributed by atoms with E-state index in [4.69, 9.17) is 0 Å². The van der Waals surface area contributed by atoms with Crippen LogP contribution in [-0.4, -0.2) is 24.4 Å². The molecule has 26 heavy (non-hydrogen) atoms. The van der Waals surface area contributed by atoms with Crippen LogP contribution in [0.2, 0.25) is 0 Å². The van der Waals surface area contributed by atoms with Crippen molar-refractivity contribution in [2.24, 2.45) is 0 Å². The topological polar surface area (TPSA) is 0 Å². The van der Waals surface area contributed by atoms with Crippen molar-refractivity contribution in [3.05, 3.63) is 146 Å². The van der Waals surface area contributed by atoms with Crippen molar-refractivity contribution in [2.45, 2.75) is 0 Å². The molecule has 0 nitrogen and oxygen atoms in total. The fourth-order valence-electron chi connectivity index (χ4n) is 1.54. The van der Waals surface area contributed by atoms with E-state index >= 15 is 0 Å². The first-order chi connectivity index (χ1) is 12.0. The maximum Gasteiger partial charge on any atom is 0 e. The van der Waals surface area contributed by atoms with Crippen molar-refractivity contribution in [3.8, 4) is 0 Å². The van der Waals surface area contributed by atoms with Gasteiger partial charge in [-0.05, 0) is 0 Å². The van der Waals surface area contributed by atoms with E-state index in [2.05, 4.69) is 0 Å². The molecule has 0 fully saturated rings. The minimum atomic E-state index is 0. The molecule has 0 aliphatic carbocycles. The van der Waals surface area contributed by atoms with Crippen LogP contribution in [0.5, 0.6) is 0 Å². The van der Waals surface area contributed by atoms with E-state index in [-0.39, 0.29) is 48.4 Å². The summed E-state index contributed by atoms with van der Waals surface area (Å²) in [5.41, 5.74) is 0. The van der Waals surface area contributed by atoms with Crippen LogP contribution < -0.4 is 24.0 Å². The van der Waals surface area contributed by atoms with Crippen LogP contribution in [0.25, 0.3) is 0 Å². The largest absolute Gasteiger partial charge is 1.00 e. The number of hydrogen-bond acceptors (Lipinski definition) is 0. The molecule has 4 aromatic rings. The molecule has 0 spiro atoms. The molecule has 0 bridgehead atoms. The molecule has 0 heterocycles. The zero-order valence-corrected chi connectivity index (χ0v) is 19.4. The van der Waals surface area contributed by atoms with Gasteiger partial charge in [-0.1, -0.05) is 146 Å². The third-order valence-corrected chi connectivity index (χ3v) is 2.67. The minimum Gasteiger partial charge on any atom is -1.00 e. The van der Waals surface area contributed by atoms with E-state index in [0.717, 1.165) is 0 Å². The van der Waals surface area contributed by atoms with Crippen molar-refractivity contribution >= 4 is 24.4 Å². The summed E-state index contributed by atoms with van der Waals surface area (Å²) in [6.45, 7) is 0.